The van der Waals surface area contributed by atoms with Gasteiger partial charge in [0.2, 0.25) is 0 Å². The SMILES string of the molecule is Clc1ccc(N=NC(=Cc2ccccc2)c2ccccc2)cc1. The van der Waals surface area contributed by atoms with Crippen molar-refractivity contribution in [3.05, 3.63) is 101 Å². The van der Waals surface area contributed by atoms with Crippen molar-refractivity contribution < 1.29 is 0 Å². The van der Waals surface area contributed by atoms with E-state index in [1.165, 1.54) is 0 Å². The topological polar surface area (TPSA) is 24.7 Å². The Bertz CT molecular complexity index is 807. The van der Waals surface area contributed by atoms with E-state index >= 15 is 0 Å². The van der Waals surface area contributed by atoms with Gasteiger partial charge in [-0.2, -0.15) is 5.11 Å². The van der Waals surface area contributed by atoms with Crippen LogP contribution in [0.3, 0.4) is 0 Å². The highest BCUT2D eigenvalue weighted by Gasteiger charge is 2.00. The van der Waals surface area contributed by atoms with Gasteiger partial charge in [-0.25, -0.2) is 0 Å². The van der Waals surface area contributed by atoms with E-state index in [0.29, 0.717) is 5.02 Å². The zero-order chi connectivity index (χ0) is 15.9. The third-order valence-corrected chi connectivity index (χ3v) is 3.52. The van der Waals surface area contributed by atoms with E-state index in [9.17, 15) is 0 Å². The van der Waals surface area contributed by atoms with E-state index in [4.69, 9.17) is 11.6 Å². The Labute approximate surface area is 140 Å². The standard InChI is InChI=1S/C20H15ClN2/c21-18-11-13-19(14-12-18)22-23-20(17-9-5-2-6-10-17)15-16-7-3-1-4-8-16/h1-15H. The molecule has 0 aliphatic rings. The zero-order valence-corrected chi connectivity index (χ0v) is 13.2. The second-order valence-corrected chi connectivity index (χ2v) is 5.42. The largest absolute Gasteiger partial charge is 0.151 e. The van der Waals surface area contributed by atoms with Gasteiger partial charge < -0.3 is 0 Å². The molecule has 0 aromatic heterocycles. The summed E-state index contributed by atoms with van der Waals surface area (Å²) in [5.74, 6) is 0. The number of hydrogen-bond acceptors (Lipinski definition) is 2. The van der Waals surface area contributed by atoms with E-state index in [0.717, 1.165) is 22.5 Å². The van der Waals surface area contributed by atoms with Gasteiger partial charge in [0.1, 0.15) is 0 Å². The molecule has 0 saturated carbocycles. The minimum atomic E-state index is 0.687. The van der Waals surface area contributed by atoms with Crippen LogP contribution in [0.5, 0.6) is 0 Å². The van der Waals surface area contributed by atoms with Crippen molar-refractivity contribution in [3.8, 4) is 0 Å². The summed E-state index contributed by atoms with van der Waals surface area (Å²) in [6.07, 6.45) is 2.02. The Morgan fingerprint density at radius 2 is 1.35 bits per heavy atom. The van der Waals surface area contributed by atoms with Crippen molar-refractivity contribution >= 4 is 29.1 Å². The highest BCUT2D eigenvalue weighted by atomic mass is 35.5. The van der Waals surface area contributed by atoms with Crippen LogP contribution >= 0.6 is 11.6 Å². The summed E-state index contributed by atoms with van der Waals surface area (Å²) < 4.78 is 0. The molecule has 0 saturated heterocycles. The summed E-state index contributed by atoms with van der Waals surface area (Å²) in [4.78, 5) is 0. The average Bonchev–Trinajstić information content (AvgIpc) is 2.61. The van der Waals surface area contributed by atoms with Gasteiger partial charge in [-0.05, 0) is 35.9 Å². The van der Waals surface area contributed by atoms with Gasteiger partial charge in [0.15, 0.2) is 0 Å². The second-order valence-electron chi connectivity index (χ2n) is 4.98. The minimum Gasteiger partial charge on any atom is -0.151 e. The van der Waals surface area contributed by atoms with Crippen molar-refractivity contribution in [2.75, 3.05) is 0 Å². The van der Waals surface area contributed by atoms with Crippen LogP contribution < -0.4 is 0 Å². The smallest absolute Gasteiger partial charge is 0.0935 e. The molecule has 0 spiro atoms. The third-order valence-electron chi connectivity index (χ3n) is 3.27. The maximum absolute atomic E-state index is 5.89. The Morgan fingerprint density at radius 1 is 0.739 bits per heavy atom. The fraction of sp³-hybridized carbons (Fsp3) is 0. The van der Waals surface area contributed by atoms with E-state index < -0.39 is 0 Å². The molecule has 0 fully saturated rings. The number of azo groups is 1. The number of benzene rings is 3. The Hall–Kier alpha value is -2.71. The molecule has 3 heteroatoms. The molecular weight excluding hydrogens is 304 g/mol. The molecular formula is C20H15ClN2. The van der Waals surface area contributed by atoms with E-state index in [2.05, 4.69) is 10.2 Å². The molecule has 3 aromatic rings. The molecule has 2 nitrogen and oxygen atoms in total. The van der Waals surface area contributed by atoms with Crippen LogP contribution in [-0.4, -0.2) is 0 Å². The number of halogens is 1. The minimum absolute atomic E-state index is 0.687. The third kappa shape index (κ3) is 4.38. The van der Waals surface area contributed by atoms with Crippen LogP contribution in [0, 0.1) is 0 Å². The highest BCUT2D eigenvalue weighted by molar-refractivity contribution is 6.30. The average molecular weight is 319 g/mol. The first-order valence-corrected chi connectivity index (χ1v) is 7.68. The van der Waals surface area contributed by atoms with Gasteiger partial charge in [-0.1, -0.05) is 72.3 Å². The molecule has 0 N–H and O–H groups in total. The van der Waals surface area contributed by atoms with E-state index in [-0.39, 0.29) is 0 Å². The first-order chi connectivity index (χ1) is 11.3. The molecule has 0 amide bonds. The zero-order valence-electron chi connectivity index (χ0n) is 12.4. The summed E-state index contributed by atoms with van der Waals surface area (Å²) in [6, 6.07) is 27.4. The maximum atomic E-state index is 5.89. The van der Waals surface area contributed by atoms with Gasteiger partial charge in [0.05, 0.1) is 11.4 Å². The first-order valence-electron chi connectivity index (χ1n) is 7.31. The van der Waals surface area contributed by atoms with Crippen LogP contribution in [0.4, 0.5) is 5.69 Å². The molecule has 0 bridgehead atoms. The second kappa shape index (κ2) is 7.52. The van der Waals surface area contributed by atoms with Crippen LogP contribution in [0.1, 0.15) is 11.1 Å². The normalized spacial score (nSPS) is 11.8. The van der Waals surface area contributed by atoms with Crippen LogP contribution in [0.25, 0.3) is 11.8 Å². The van der Waals surface area contributed by atoms with Crippen molar-refractivity contribution in [3.63, 3.8) is 0 Å². The summed E-state index contributed by atoms with van der Waals surface area (Å²) >= 11 is 5.89. The first kappa shape index (κ1) is 15.2. The fourth-order valence-corrected chi connectivity index (χ4v) is 2.23. The number of hydrogen-bond donors (Lipinski definition) is 0. The van der Waals surface area contributed by atoms with E-state index in [1.807, 2.05) is 78.9 Å². The van der Waals surface area contributed by atoms with Gasteiger partial charge in [-0.3, -0.25) is 0 Å². The van der Waals surface area contributed by atoms with Gasteiger partial charge in [0.25, 0.3) is 0 Å². The van der Waals surface area contributed by atoms with Crippen LogP contribution in [0.15, 0.2) is 95.2 Å². The molecule has 112 valence electrons. The lowest BCUT2D eigenvalue weighted by Crippen LogP contribution is -1.81. The molecule has 0 atom stereocenters. The van der Waals surface area contributed by atoms with Gasteiger partial charge in [0, 0.05) is 10.6 Å². The molecule has 0 aliphatic heterocycles. The Kier molecular flexibility index (Phi) is 4.97. The lowest BCUT2D eigenvalue weighted by molar-refractivity contribution is 1.24. The van der Waals surface area contributed by atoms with Crippen molar-refractivity contribution in [2.45, 2.75) is 0 Å². The summed E-state index contributed by atoms with van der Waals surface area (Å²) in [7, 11) is 0. The molecule has 0 radical (unpaired) electrons. The van der Waals surface area contributed by atoms with Gasteiger partial charge in [-0.15, -0.1) is 5.11 Å². The molecule has 23 heavy (non-hydrogen) atoms. The summed E-state index contributed by atoms with van der Waals surface area (Å²) in [5.41, 5.74) is 3.69. The lowest BCUT2D eigenvalue weighted by Gasteiger charge is -2.02. The monoisotopic (exact) mass is 318 g/mol. The van der Waals surface area contributed by atoms with Crippen LogP contribution in [-0.2, 0) is 0 Å². The molecule has 3 aromatic carbocycles. The van der Waals surface area contributed by atoms with Gasteiger partial charge >= 0.3 is 0 Å². The predicted molar refractivity (Wildman–Crippen MR) is 96.7 cm³/mol. The molecule has 0 unspecified atom stereocenters. The maximum Gasteiger partial charge on any atom is 0.0935 e. The molecule has 0 heterocycles. The highest BCUT2D eigenvalue weighted by Crippen LogP contribution is 2.23. The number of nitrogens with zero attached hydrogens (tertiary/aromatic N) is 2. The summed E-state index contributed by atoms with van der Waals surface area (Å²) in [5, 5.41) is 9.44. The molecule has 3 rings (SSSR count). The number of rotatable bonds is 4. The summed E-state index contributed by atoms with van der Waals surface area (Å²) in [6.45, 7) is 0. The molecule has 0 aliphatic carbocycles. The fourth-order valence-electron chi connectivity index (χ4n) is 2.11. The predicted octanol–water partition coefficient (Wildman–Crippen LogP) is 6.62. The van der Waals surface area contributed by atoms with E-state index in [1.54, 1.807) is 12.1 Å². The van der Waals surface area contributed by atoms with Crippen molar-refractivity contribution in [1.29, 1.82) is 0 Å². The quantitative estimate of drug-likeness (QED) is 0.381. The van der Waals surface area contributed by atoms with Crippen molar-refractivity contribution in [2.24, 2.45) is 10.2 Å². The Morgan fingerprint density at radius 3 is 2.00 bits per heavy atom. The van der Waals surface area contributed by atoms with Crippen molar-refractivity contribution in [1.82, 2.24) is 0 Å². The Balaban J connectivity index is 1.95. The van der Waals surface area contributed by atoms with Crippen LogP contribution in [0.2, 0.25) is 5.02 Å². The lowest BCUT2D eigenvalue weighted by atomic mass is 10.1.